The van der Waals surface area contributed by atoms with Gasteiger partial charge in [-0.05, 0) is 42.9 Å². The second-order valence-electron chi connectivity index (χ2n) is 5.48. The van der Waals surface area contributed by atoms with Gasteiger partial charge in [0.25, 0.3) is 5.91 Å². The van der Waals surface area contributed by atoms with Crippen molar-refractivity contribution in [2.24, 2.45) is 5.41 Å². The van der Waals surface area contributed by atoms with Crippen LogP contribution in [0.15, 0.2) is 22.7 Å². The standard InChI is InChI=1S/C15H19Br2NO/c1-11-4-5-12(17)8-13(11)14(19)18-10-15(9-16)6-2-3-7-15/h4-5,8H,2-3,6-7,9-10H2,1H3,(H,18,19). The third-order valence-corrected chi connectivity index (χ3v) is 5.70. The average Bonchev–Trinajstić information content (AvgIpc) is 2.88. The van der Waals surface area contributed by atoms with Gasteiger partial charge in [-0.1, -0.05) is 50.8 Å². The van der Waals surface area contributed by atoms with Gasteiger partial charge < -0.3 is 5.32 Å². The molecule has 0 atom stereocenters. The largest absolute Gasteiger partial charge is 0.351 e. The average molecular weight is 389 g/mol. The van der Waals surface area contributed by atoms with E-state index in [2.05, 4.69) is 37.2 Å². The van der Waals surface area contributed by atoms with E-state index in [0.29, 0.717) is 0 Å². The van der Waals surface area contributed by atoms with Crippen LogP contribution in [0, 0.1) is 12.3 Å². The monoisotopic (exact) mass is 387 g/mol. The fourth-order valence-corrected chi connectivity index (χ4v) is 3.80. The molecule has 0 spiro atoms. The van der Waals surface area contributed by atoms with Gasteiger partial charge in [-0.2, -0.15) is 0 Å². The van der Waals surface area contributed by atoms with Crippen molar-refractivity contribution in [3.05, 3.63) is 33.8 Å². The zero-order valence-electron chi connectivity index (χ0n) is 11.1. The number of nitrogens with one attached hydrogen (secondary N) is 1. The fraction of sp³-hybridized carbons (Fsp3) is 0.533. The Morgan fingerprint density at radius 2 is 2.05 bits per heavy atom. The van der Waals surface area contributed by atoms with Crippen molar-refractivity contribution in [1.82, 2.24) is 5.32 Å². The van der Waals surface area contributed by atoms with Crippen LogP contribution in [0.25, 0.3) is 0 Å². The first kappa shape index (κ1) is 15.0. The van der Waals surface area contributed by atoms with Crippen LogP contribution in [-0.4, -0.2) is 17.8 Å². The highest BCUT2D eigenvalue weighted by atomic mass is 79.9. The second kappa shape index (κ2) is 6.40. The summed E-state index contributed by atoms with van der Waals surface area (Å²) < 4.78 is 0.944. The van der Waals surface area contributed by atoms with Crippen molar-refractivity contribution in [3.63, 3.8) is 0 Å². The minimum Gasteiger partial charge on any atom is -0.351 e. The normalized spacial score (nSPS) is 17.4. The quantitative estimate of drug-likeness (QED) is 0.758. The third kappa shape index (κ3) is 3.60. The molecule has 4 heteroatoms. The molecular formula is C15H19Br2NO. The number of carbonyl (C=O) groups excluding carboxylic acids is 1. The lowest BCUT2D eigenvalue weighted by molar-refractivity contribution is 0.0935. The van der Waals surface area contributed by atoms with E-state index in [4.69, 9.17) is 0 Å². The van der Waals surface area contributed by atoms with Crippen LogP contribution in [0.1, 0.15) is 41.6 Å². The molecule has 1 amide bonds. The molecule has 2 nitrogen and oxygen atoms in total. The molecule has 0 saturated heterocycles. The van der Waals surface area contributed by atoms with Crippen molar-refractivity contribution in [1.29, 1.82) is 0 Å². The highest BCUT2D eigenvalue weighted by Gasteiger charge is 2.33. The first-order chi connectivity index (χ1) is 9.06. The summed E-state index contributed by atoms with van der Waals surface area (Å²) in [5, 5.41) is 4.08. The van der Waals surface area contributed by atoms with Crippen LogP contribution < -0.4 is 5.32 Å². The van der Waals surface area contributed by atoms with Gasteiger partial charge in [0.15, 0.2) is 0 Å². The number of hydrogen-bond donors (Lipinski definition) is 1. The molecule has 2 rings (SSSR count). The van der Waals surface area contributed by atoms with Crippen molar-refractivity contribution >= 4 is 37.8 Å². The van der Waals surface area contributed by atoms with Crippen LogP contribution in [0.2, 0.25) is 0 Å². The second-order valence-corrected chi connectivity index (χ2v) is 6.96. The third-order valence-electron chi connectivity index (χ3n) is 4.02. The summed E-state index contributed by atoms with van der Waals surface area (Å²) in [4.78, 5) is 12.3. The Hall–Kier alpha value is -0.350. The maximum Gasteiger partial charge on any atom is 0.251 e. The molecule has 1 aromatic carbocycles. The van der Waals surface area contributed by atoms with Gasteiger partial charge in [-0.15, -0.1) is 0 Å². The topological polar surface area (TPSA) is 29.1 Å². The Labute approximate surface area is 131 Å². The minimum absolute atomic E-state index is 0.0334. The van der Waals surface area contributed by atoms with Crippen LogP contribution in [-0.2, 0) is 0 Å². The van der Waals surface area contributed by atoms with E-state index in [9.17, 15) is 4.79 Å². The van der Waals surface area contributed by atoms with Gasteiger partial charge in [-0.3, -0.25) is 4.79 Å². The maximum atomic E-state index is 12.3. The number of halogens is 2. The lowest BCUT2D eigenvalue weighted by atomic mass is 9.88. The van der Waals surface area contributed by atoms with Crippen molar-refractivity contribution in [3.8, 4) is 0 Å². The Kier molecular flexibility index (Phi) is 5.07. The smallest absolute Gasteiger partial charge is 0.251 e. The van der Waals surface area contributed by atoms with E-state index >= 15 is 0 Å². The first-order valence-electron chi connectivity index (χ1n) is 6.67. The molecule has 1 N–H and O–H groups in total. The molecule has 0 aliphatic heterocycles. The summed E-state index contributed by atoms with van der Waals surface area (Å²) in [6.07, 6.45) is 4.96. The number of rotatable bonds is 4. The van der Waals surface area contributed by atoms with Crippen LogP contribution in [0.3, 0.4) is 0 Å². The summed E-state index contributed by atoms with van der Waals surface area (Å²) in [5.41, 5.74) is 2.03. The van der Waals surface area contributed by atoms with E-state index in [1.807, 2.05) is 25.1 Å². The van der Waals surface area contributed by atoms with E-state index < -0.39 is 0 Å². The van der Waals surface area contributed by atoms with Crippen molar-refractivity contribution in [2.45, 2.75) is 32.6 Å². The number of benzene rings is 1. The number of aryl methyl sites for hydroxylation is 1. The molecule has 1 aromatic rings. The van der Waals surface area contributed by atoms with E-state index in [0.717, 1.165) is 27.5 Å². The highest BCUT2D eigenvalue weighted by Crippen LogP contribution is 2.39. The molecule has 0 unspecified atom stereocenters. The summed E-state index contributed by atoms with van der Waals surface area (Å²) >= 11 is 7.03. The van der Waals surface area contributed by atoms with E-state index in [-0.39, 0.29) is 11.3 Å². The van der Waals surface area contributed by atoms with Gasteiger partial charge >= 0.3 is 0 Å². The molecule has 0 bridgehead atoms. The van der Waals surface area contributed by atoms with Crippen LogP contribution >= 0.6 is 31.9 Å². The maximum absolute atomic E-state index is 12.3. The Morgan fingerprint density at radius 1 is 1.37 bits per heavy atom. The Bertz CT molecular complexity index is 467. The summed E-state index contributed by atoms with van der Waals surface area (Å²) in [6.45, 7) is 2.74. The van der Waals surface area contributed by atoms with Gasteiger partial charge in [0.1, 0.15) is 0 Å². The van der Waals surface area contributed by atoms with E-state index in [1.165, 1.54) is 25.7 Å². The predicted molar refractivity (Wildman–Crippen MR) is 85.9 cm³/mol. The number of alkyl halides is 1. The summed E-state index contributed by atoms with van der Waals surface area (Å²) in [7, 11) is 0. The molecule has 19 heavy (non-hydrogen) atoms. The van der Waals surface area contributed by atoms with Gasteiger partial charge in [0, 0.05) is 21.9 Å². The zero-order valence-corrected chi connectivity index (χ0v) is 14.3. The SMILES string of the molecule is Cc1ccc(Br)cc1C(=O)NCC1(CBr)CCCC1. The Morgan fingerprint density at radius 3 is 2.68 bits per heavy atom. The van der Waals surface area contributed by atoms with Gasteiger partial charge in [-0.25, -0.2) is 0 Å². The number of amides is 1. The number of carbonyl (C=O) groups is 1. The lowest BCUT2D eigenvalue weighted by Gasteiger charge is -2.26. The summed E-state index contributed by atoms with van der Waals surface area (Å²) in [6, 6.07) is 5.82. The molecular weight excluding hydrogens is 370 g/mol. The molecule has 1 aliphatic carbocycles. The first-order valence-corrected chi connectivity index (χ1v) is 8.58. The predicted octanol–water partition coefficient (Wildman–Crippen LogP) is 4.44. The highest BCUT2D eigenvalue weighted by molar-refractivity contribution is 9.10. The fourth-order valence-electron chi connectivity index (χ4n) is 2.68. The van der Waals surface area contributed by atoms with Gasteiger partial charge in [0.05, 0.1) is 0 Å². The van der Waals surface area contributed by atoms with E-state index in [1.54, 1.807) is 0 Å². The molecule has 1 saturated carbocycles. The number of hydrogen-bond acceptors (Lipinski definition) is 1. The molecule has 1 fully saturated rings. The molecule has 0 heterocycles. The van der Waals surface area contributed by atoms with Crippen LogP contribution in [0.4, 0.5) is 0 Å². The molecule has 104 valence electrons. The lowest BCUT2D eigenvalue weighted by Crippen LogP contribution is -2.37. The van der Waals surface area contributed by atoms with Gasteiger partial charge in [0.2, 0.25) is 0 Å². The summed E-state index contributed by atoms with van der Waals surface area (Å²) in [5.74, 6) is 0.0334. The molecule has 0 aromatic heterocycles. The van der Waals surface area contributed by atoms with Crippen LogP contribution in [0.5, 0.6) is 0 Å². The molecule has 1 aliphatic rings. The van der Waals surface area contributed by atoms with Crippen molar-refractivity contribution < 1.29 is 4.79 Å². The molecule has 0 radical (unpaired) electrons. The Balaban J connectivity index is 2.03. The zero-order chi connectivity index (χ0) is 13.9. The minimum atomic E-state index is 0.0334. The van der Waals surface area contributed by atoms with Crippen molar-refractivity contribution in [2.75, 3.05) is 11.9 Å².